The average Bonchev–Trinajstić information content (AvgIpc) is 2.59. The summed E-state index contributed by atoms with van der Waals surface area (Å²) in [5.41, 5.74) is 10.00. The third kappa shape index (κ3) is 2.71. The average molecular weight is 342 g/mol. The van der Waals surface area contributed by atoms with Crippen LogP contribution in [0.2, 0.25) is 0 Å². The standard InChI is InChI=1S/C12H15IN4/c1-8-9(7-16-17(8)2)6-15-12-4-3-10(14)5-11(12)13/h3-5,7,15H,6,14H2,1-2H3. The molecule has 0 saturated carbocycles. The number of nitrogens with zero attached hydrogens (tertiary/aromatic N) is 2. The van der Waals surface area contributed by atoms with E-state index in [1.54, 1.807) is 0 Å². The van der Waals surface area contributed by atoms with Crippen LogP contribution in [-0.2, 0) is 13.6 Å². The molecule has 0 atom stereocenters. The third-order valence-electron chi connectivity index (χ3n) is 2.80. The Labute approximate surface area is 114 Å². The van der Waals surface area contributed by atoms with Crippen molar-refractivity contribution in [3.8, 4) is 0 Å². The highest BCUT2D eigenvalue weighted by atomic mass is 127. The van der Waals surface area contributed by atoms with Crippen molar-refractivity contribution in [3.05, 3.63) is 39.2 Å². The Morgan fingerprint density at radius 1 is 1.47 bits per heavy atom. The number of aromatic nitrogens is 2. The van der Waals surface area contributed by atoms with Crippen LogP contribution in [0.4, 0.5) is 11.4 Å². The molecule has 0 aliphatic rings. The minimum absolute atomic E-state index is 0.777. The first-order chi connectivity index (χ1) is 8.08. The molecule has 4 nitrogen and oxygen atoms in total. The molecule has 1 aromatic carbocycles. The SMILES string of the molecule is Cc1c(CNc2ccc(N)cc2I)cnn1C. The zero-order chi connectivity index (χ0) is 12.4. The zero-order valence-electron chi connectivity index (χ0n) is 9.87. The van der Waals surface area contributed by atoms with Gasteiger partial charge in [-0.3, -0.25) is 4.68 Å². The molecule has 0 aliphatic heterocycles. The lowest BCUT2D eigenvalue weighted by atomic mass is 10.2. The lowest BCUT2D eigenvalue weighted by Crippen LogP contribution is -2.03. The topological polar surface area (TPSA) is 55.9 Å². The zero-order valence-corrected chi connectivity index (χ0v) is 12.0. The van der Waals surface area contributed by atoms with Gasteiger partial charge >= 0.3 is 0 Å². The van der Waals surface area contributed by atoms with Gasteiger partial charge in [0, 0.05) is 39.8 Å². The number of hydrogen-bond acceptors (Lipinski definition) is 3. The number of aryl methyl sites for hydroxylation is 1. The predicted molar refractivity (Wildman–Crippen MR) is 78.8 cm³/mol. The van der Waals surface area contributed by atoms with Crippen LogP contribution in [0.25, 0.3) is 0 Å². The second-order valence-corrected chi connectivity index (χ2v) is 5.13. The van der Waals surface area contributed by atoms with Crippen LogP contribution in [0.3, 0.4) is 0 Å². The molecular weight excluding hydrogens is 327 g/mol. The van der Waals surface area contributed by atoms with E-state index in [4.69, 9.17) is 5.73 Å². The van der Waals surface area contributed by atoms with E-state index in [1.807, 2.05) is 36.1 Å². The van der Waals surface area contributed by atoms with E-state index in [1.165, 1.54) is 11.3 Å². The summed E-state index contributed by atoms with van der Waals surface area (Å²) < 4.78 is 3.01. The molecule has 5 heteroatoms. The van der Waals surface area contributed by atoms with Crippen LogP contribution < -0.4 is 11.1 Å². The van der Waals surface area contributed by atoms with Gasteiger partial charge in [-0.05, 0) is 47.7 Å². The summed E-state index contributed by atoms with van der Waals surface area (Å²) in [5.74, 6) is 0. The van der Waals surface area contributed by atoms with Crippen molar-refractivity contribution in [2.45, 2.75) is 13.5 Å². The van der Waals surface area contributed by atoms with Gasteiger partial charge in [0.25, 0.3) is 0 Å². The molecule has 0 aliphatic carbocycles. The van der Waals surface area contributed by atoms with Gasteiger partial charge in [0.1, 0.15) is 0 Å². The maximum absolute atomic E-state index is 5.72. The van der Waals surface area contributed by atoms with Gasteiger partial charge in [0.05, 0.1) is 6.20 Å². The van der Waals surface area contributed by atoms with Crippen molar-refractivity contribution in [1.82, 2.24) is 9.78 Å². The van der Waals surface area contributed by atoms with Crippen LogP contribution in [0.1, 0.15) is 11.3 Å². The monoisotopic (exact) mass is 342 g/mol. The molecule has 0 unspecified atom stereocenters. The summed E-state index contributed by atoms with van der Waals surface area (Å²) in [6.07, 6.45) is 1.90. The van der Waals surface area contributed by atoms with E-state index in [0.29, 0.717) is 0 Å². The molecule has 2 rings (SSSR count). The van der Waals surface area contributed by atoms with Gasteiger partial charge in [-0.1, -0.05) is 0 Å². The number of benzene rings is 1. The van der Waals surface area contributed by atoms with E-state index in [0.717, 1.165) is 21.5 Å². The predicted octanol–water partition coefficient (Wildman–Crippen LogP) is 2.53. The van der Waals surface area contributed by atoms with Crippen molar-refractivity contribution in [2.24, 2.45) is 7.05 Å². The quantitative estimate of drug-likeness (QED) is 0.666. The maximum Gasteiger partial charge on any atom is 0.0542 e. The normalized spacial score (nSPS) is 10.5. The molecule has 0 fully saturated rings. The molecule has 90 valence electrons. The van der Waals surface area contributed by atoms with E-state index >= 15 is 0 Å². The van der Waals surface area contributed by atoms with E-state index < -0.39 is 0 Å². The van der Waals surface area contributed by atoms with Crippen LogP contribution in [0, 0.1) is 10.5 Å². The summed E-state index contributed by atoms with van der Waals surface area (Å²) in [7, 11) is 1.95. The summed E-state index contributed by atoms with van der Waals surface area (Å²) in [5, 5.41) is 7.61. The summed E-state index contributed by atoms with van der Waals surface area (Å²) >= 11 is 2.28. The number of rotatable bonds is 3. The molecule has 0 spiro atoms. The van der Waals surface area contributed by atoms with Crippen molar-refractivity contribution in [3.63, 3.8) is 0 Å². The molecule has 2 aromatic rings. The fourth-order valence-electron chi connectivity index (χ4n) is 1.58. The fourth-order valence-corrected chi connectivity index (χ4v) is 2.31. The van der Waals surface area contributed by atoms with Crippen molar-refractivity contribution < 1.29 is 0 Å². The van der Waals surface area contributed by atoms with Crippen molar-refractivity contribution >= 4 is 34.0 Å². The molecular formula is C12H15IN4. The van der Waals surface area contributed by atoms with Crippen molar-refractivity contribution in [1.29, 1.82) is 0 Å². The van der Waals surface area contributed by atoms with Crippen LogP contribution in [-0.4, -0.2) is 9.78 Å². The Balaban J connectivity index is 2.10. The smallest absolute Gasteiger partial charge is 0.0542 e. The first-order valence-corrected chi connectivity index (χ1v) is 6.42. The largest absolute Gasteiger partial charge is 0.399 e. The lowest BCUT2D eigenvalue weighted by Gasteiger charge is -2.09. The van der Waals surface area contributed by atoms with E-state index in [-0.39, 0.29) is 0 Å². The van der Waals surface area contributed by atoms with Gasteiger partial charge < -0.3 is 11.1 Å². The summed E-state index contributed by atoms with van der Waals surface area (Å²) in [6, 6.07) is 5.86. The second kappa shape index (κ2) is 4.95. The number of nitrogens with one attached hydrogen (secondary N) is 1. The molecule has 0 bridgehead atoms. The number of hydrogen-bond donors (Lipinski definition) is 2. The first kappa shape index (κ1) is 12.2. The Bertz CT molecular complexity index is 533. The number of halogens is 1. The molecule has 0 saturated heterocycles. The number of nitrogens with two attached hydrogens (primary N) is 1. The molecule has 0 radical (unpaired) electrons. The second-order valence-electron chi connectivity index (χ2n) is 3.97. The molecule has 3 N–H and O–H groups in total. The number of nitrogen functional groups attached to an aromatic ring is 1. The Morgan fingerprint density at radius 3 is 2.82 bits per heavy atom. The Morgan fingerprint density at radius 2 is 2.24 bits per heavy atom. The summed E-state index contributed by atoms with van der Waals surface area (Å²) in [6.45, 7) is 2.84. The van der Waals surface area contributed by atoms with Gasteiger partial charge in [-0.15, -0.1) is 0 Å². The van der Waals surface area contributed by atoms with Gasteiger partial charge in [0.2, 0.25) is 0 Å². The van der Waals surface area contributed by atoms with Crippen LogP contribution >= 0.6 is 22.6 Å². The maximum atomic E-state index is 5.72. The highest BCUT2D eigenvalue weighted by Gasteiger charge is 2.04. The van der Waals surface area contributed by atoms with Gasteiger partial charge in [-0.2, -0.15) is 5.10 Å². The minimum Gasteiger partial charge on any atom is -0.399 e. The van der Waals surface area contributed by atoms with Gasteiger partial charge in [-0.25, -0.2) is 0 Å². The summed E-state index contributed by atoms with van der Waals surface area (Å²) in [4.78, 5) is 0. The fraction of sp³-hybridized carbons (Fsp3) is 0.250. The minimum atomic E-state index is 0.777. The highest BCUT2D eigenvalue weighted by molar-refractivity contribution is 14.1. The molecule has 1 heterocycles. The molecule has 0 amide bonds. The van der Waals surface area contributed by atoms with Crippen molar-refractivity contribution in [2.75, 3.05) is 11.1 Å². The van der Waals surface area contributed by atoms with Crippen LogP contribution in [0.5, 0.6) is 0 Å². The lowest BCUT2D eigenvalue weighted by molar-refractivity contribution is 0.738. The third-order valence-corrected chi connectivity index (χ3v) is 3.69. The van der Waals surface area contributed by atoms with Gasteiger partial charge in [0.15, 0.2) is 0 Å². The van der Waals surface area contributed by atoms with E-state index in [2.05, 4.69) is 39.9 Å². The first-order valence-electron chi connectivity index (χ1n) is 5.34. The molecule has 17 heavy (non-hydrogen) atoms. The molecule has 1 aromatic heterocycles. The van der Waals surface area contributed by atoms with E-state index in [9.17, 15) is 0 Å². The Kier molecular flexibility index (Phi) is 3.56. The van der Waals surface area contributed by atoms with Crippen LogP contribution in [0.15, 0.2) is 24.4 Å². The highest BCUT2D eigenvalue weighted by Crippen LogP contribution is 2.21. The number of anilines is 2. The Hall–Kier alpha value is -1.24.